The van der Waals surface area contributed by atoms with Crippen LogP contribution in [0.3, 0.4) is 0 Å². The number of anilines is 1. The molecule has 1 heterocycles. The zero-order chi connectivity index (χ0) is 17.1. The second-order valence-electron chi connectivity index (χ2n) is 6.30. The van der Waals surface area contributed by atoms with Gasteiger partial charge in [-0.2, -0.15) is 0 Å². The third-order valence-electron chi connectivity index (χ3n) is 4.25. The van der Waals surface area contributed by atoms with Crippen LogP contribution in [0.1, 0.15) is 39.7 Å². The van der Waals surface area contributed by atoms with Gasteiger partial charge in [0.1, 0.15) is 0 Å². The molecule has 0 spiro atoms. The van der Waals surface area contributed by atoms with E-state index in [9.17, 15) is 9.59 Å². The minimum atomic E-state index is -0.468. The number of thiophene rings is 1. The monoisotopic (exact) mass is 343 g/mol. The molecule has 1 unspecified atom stereocenters. The van der Waals surface area contributed by atoms with Crippen molar-refractivity contribution in [3.8, 4) is 0 Å². The molecule has 6 heteroatoms. The van der Waals surface area contributed by atoms with E-state index in [1.54, 1.807) is 11.3 Å². The van der Waals surface area contributed by atoms with Crippen LogP contribution in [0, 0.1) is 12.8 Å². The summed E-state index contributed by atoms with van der Waals surface area (Å²) in [4.78, 5) is 25.5. The third-order valence-corrected chi connectivity index (χ3v) is 5.30. The normalized spacial score (nSPS) is 16.2. The molecule has 3 N–H and O–H groups in total. The number of aryl methyl sites for hydroxylation is 1. The molecule has 5 nitrogen and oxygen atoms in total. The van der Waals surface area contributed by atoms with E-state index in [1.165, 1.54) is 4.88 Å². The smallest absolute Gasteiger partial charge is 0.307 e. The van der Waals surface area contributed by atoms with Crippen LogP contribution in [0.5, 0.6) is 0 Å². The first-order chi connectivity index (χ1) is 11.5. The molecule has 1 aromatic carbocycles. The lowest BCUT2D eigenvalue weighted by Gasteiger charge is -2.18. The Morgan fingerprint density at radius 3 is 2.67 bits per heavy atom. The maximum atomic E-state index is 12.3. The van der Waals surface area contributed by atoms with Gasteiger partial charge in [-0.3, -0.25) is 10.2 Å². The molecule has 0 saturated carbocycles. The summed E-state index contributed by atoms with van der Waals surface area (Å²) in [5.74, 6) is 0.409. The Balaban J connectivity index is 1.56. The van der Waals surface area contributed by atoms with Gasteiger partial charge in [-0.1, -0.05) is 24.6 Å². The van der Waals surface area contributed by atoms with Gasteiger partial charge in [-0.05, 0) is 49.8 Å². The van der Waals surface area contributed by atoms with Crippen LogP contribution in [0.15, 0.2) is 29.6 Å². The average Bonchev–Trinajstić information content (AvgIpc) is 2.98. The van der Waals surface area contributed by atoms with Gasteiger partial charge in [0.15, 0.2) is 0 Å². The number of hydrazine groups is 1. The Morgan fingerprint density at radius 1 is 1.17 bits per heavy atom. The summed E-state index contributed by atoms with van der Waals surface area (Å²) in [6, 6.07) is 6.98. The topological polar surface area (TPSA) is 70.2 Å². The van der Waals surface area contributed by atoms with Gasteiger partial charge < -0.3 is 5.32 Å². The van der Waals surface area contributed by atoms with Gasteiger partial charge in [0.2, 0.25) is 0 Å². The number of rotatable bonds is 2. The highest BCUT2D eigenvalue weighted by atomic mass is 32.1. The molecule has 126 valence electrons. The number of carbonyl (C=O) groups excluding carboxylic acids is 2. The third kappa shape index (κ3) is 3.76. The second-order valence-corrected chi connectivity index (χ2v) is 7.26. The highest BCUT2D eigenvalue weighted by Gasteiger charge is 2.23. The van der Waals surface area contributed by atoms with Crippen LogP contribution in [0.4, 0.5) is 10.5 Å². The quantitative estimate of drug-likeness (QED) is 0.729. The number of nitrogens with one attached hydrogen (secondary N) is 3. The van der Waals surface area contributed by atoms with E-state index in [0.29, 0.717) is 17.2 Å². The lowest BCUT2D eigenvalue weighted by Crippen LogP contribution is -2.44. The molecule has 0 fully saturated rings. The molecule has 24 heavy (non-hydrogen) atoms. The number of benzene rings is 1. The summed E-state index contributed by atoms with van der Waals surface area (Å²) in [6.45, 7) is 4.21. The van der Waals surface area contributed by atoms with Crippen LogP contribution in [-0.2, 0) is 12.8 Å². The Labute approximate surface area is 145 Å². The van der Waals surface area contributed by atoms with Gasteiger partial charge in [0.05, 0.1) is 5.56 Å². The first-order valence-electron chi connectivity index (χ1n) is 8.06. The molecular formula is C18H21N3O2S. The lowest BCUT2D eigenvalue weighted by molar-refractivity contribution is 0.0937. The van der Waals surface area contributed by atoms with Crippen molar-refractivity contribution < 1.29 is 9.59 Å². The van der Waals surface area contributed by atoms with Crippen molar-refractivity contribution in [3.05, 3.63) is 51.2 Å². The highest BCUT2D eigenvalue weighted by Crippen LogP contribution is 2.32. The fourth-order valence-corrected chi connectivity index (χ4v) is 4.09. The Hall–Kier alpha value is -2.34. The first kappa shape index (κ1) is 16.5. The molecule has 1 aliphatic carbocycles. The minimum absolute atomic E-state index is 0.263. The molecular weight excluding hydrogens is 322 g/mol. The molecule has 1 atom stereocenters. The number of hydrogen-bond donors (Lipinski definition) is 3. The molecule has 0 saturated heterocycles. The minimum Gasteiger partial charge on any atom is -0.307 e. The summed E-state index contributed by atoms with van der Waals surface area (Å²) in [7, 11) is 0. The van der Waals surface area contributed by atoms with Crippen molar-refractivity contribution in [2.24, 2.45) is 5.92 Å². The molecule has 2 aromatic rings. The zero-order valence-corrected chi connectivity index (χ0v) is 14.6. The van der Waals surface area contributed by atoms with E-state index in [0.717, 1.165) is 30.4 Å². The lowest BCUT2D eigenvalue weighted by atomic mass is 9.88. The largest absolute Gasteiger partial charge is 0.337 e. The van der Waals surface area contributed by atoms with Crippen LogP contribution >= 0.6 is 11.3 Å². The summed E-state index contributed by atoms with van der Waals surface area (Å²) in [5.41, 5.74) is 8.49. The van der Waals surface area contributed by atoms with Crippen molar-refractivity contribution in [3.63, 3.8) is 0 Å². The molecule has 3 amide bonds. The van der Waals surface area contributed by atoms with E-state index in [4.69, 9.17) is 0 Å². The zero-order valence-electron chi connectivity index (χ0n) is 13.8. The Kier molecular flexibility index (Phi) is 4.85. The predicted octanol–water partition coefficient (Wildman–Crippen LogP) is 3.65. The molecule has 0 aliphatic heterocycles. The molecule has 3 rings (SSSR count). The van der Waals surface area contributed by atoms with E-state index in [2.05, 4.69) is 23.1 Å². The standard InChI is InChI=1S/C18H21N3O2S/c1-11-3-6-13(7-4-11)19-18(23)21-20-17(22)15-10-24-16-9-12(2)5-8-14(15)16/h3-4,6-7,10,12H,5,8-9H2,1-2H3,(H,20,22)(H2,19,21,23). The van der Waals surface area contributed by atoms with E-state index < -0.39 is 6.03 Å². The first-order valence-corrected chi connectivity index (χ1v) is 8.94. The van der Waals surface area contributed by atoms with Gasteiger partial charge in [0.25, 0.3) is 5.91 Å². The average molecular weight is 343 g/mol. The maximum absolute atomic E-state index is 12.3. The van der Waals surface area contributed by atoms with Gasteiger partial charge in [0, 0.05) is 15.9 Å². The number of urea groups is 1. The van der Waals surface area contributed by atoms with Crippen molar-refractivity contribution in [1.82, 2.24) is 10.9 Å². The maximum Gasteiger partial charge on any atom is 0.337 e. The van der Waals surface area contributed by atoms with E-state index in [-0.39, 0.29) is 5.91 Å². The SMILES string of the molecule is Cc1ccc(NC(=O)NNC(=O)c2csc3c2CCC(C)C3)cc1. The van der Waals surface area contributed by atoms with Crippen LogP contribution in [0.25, 0.3) is 0 Å². The fourth-order valence-electron chi connectivity index (χ4n) is 2.85. The summed E-state index contributed by atoms with van der Waals surface area (Å²) < 4.78 is 0. The van der Waals surface area contributed by atoms with Crippen molar-refractivity contribution in [2.45, 2.75) is 33.1 Å². The van der Waals surface area contributed by atoms with Gasteiger partial charge >= 0.3 is 6.03 Å². The summed E-state index contributed by atoms with van der Waals surface area (Å²) >= 11 is 1.63. The number of carbonyl (C=O) groups is 2. The molecule has 1 aliphatic rings. The highest BCUT2D eigenvalue weighted by molar-refractivity contribution is 7.10. The van der Waals surface area contributed by atoms with E-state index in [1.807, 2.05) is 36.6 Å². The number of hydrogen-bond acceptors (Lipinski definition) is 3. The van der Waals surface area contributed by atoms with Crippen LogP contribution < -0.4 is 16.2 Å². The van der Waals surface area contributed by atoms with Gasteiger partial charge in [-0.15, -0.1) is 11.3 Å². The predicted molar refractivity (Wildman–Crippen MR) is 96.3 cm³/mol. The van der Waals surface area contributed by atoms with E-state index >= 15 is 0 Å². The van der Waals surface area contributed by atoms with Crippen LogP contribution in [0.2, 0.25) is 0 Å². The molecule has 0 bridgehead atoms. The fraction of sp³-hybridized carbons (Fsp3) is 0.333. The van der Waals surface area contributed by atoms with Crippen molar-refractivity contribution in [1.29, 1.82) is 0 Å². The second kappa shape index (κ2) is 7.05. The Morgan fingerprint density at radius 2 is 1.92 bits per heavy atom. The molecule has 0 radical (unpaired) electrons. The summed E-state index contributed by atoms with van der Waals surface area (Å²) in [6.07, 6.45) is 3.07. The molecule has 1 aromatic heterocycles. The summed E-state index contributed by atoms with van der Waals surface area (Å²) in [5, 5.41) is 4.56. The number of amides is 3. The van der Waals surface area contributed by atoms with Crippen LogP contribution in [-0.4, -0.2) is 11.9 Å². The Bertz CT molecular complexity index is 752. The number of fused-ring (bicyclic) bond motifs is 1. The van der Waals surface area contributed by atoms with Crippen molar-refractivity contribution >= 4 is 29.0 Å². The van der Waals surface area contributed by atoms with Gasteiger partial charge in [-0.25, -0.2) is 10.2 Å². The van der Waals surface area contributed by atoms with Crippen molar-refractivity contribution in [2.75, 3.05) is 5.32 Å².